The molecule has 0 unspecified atom stereocenters. The molecule has 0 atom stereocenters. The Morgan fingerprint density at radius 1 is 1.27 bits per heavy atom. The fourth-order valence-electron chi connectivity index (χ4n) is 1.44. The SMILES string of the molecule is CCNc1ccc2cc(Br)cc(Br)c2n1. The third kappa shape index (κ3) is 2.32. The highest BCUT2D eigenvalue weighted by atomic mass is 79.9. The summed E-state index contributed by atoms with van der Waals surface area (Å²) >= 11 is 6.97. The van der Waals surface area contributed by atoms with Crippen LogP contribution in [0.4, 0.5) is 5.82 Å². The largest absolute Gasteiger partial charge is 0.370 e. The Morgan fingerprint density at radius 3 is 2.80 bits per heavy atom. The normalized spacial score (nSPS) is 10.6. The second-order valence-corrected chi connectivity index (χ2v) is 4.96. The number of benzene rings is 1. The van der Waals surface area contributed by atoms with E-state index in [9.17, 15) is 0 Å². The number of halogens is 2. The van der Waals surface area contributed by atoms with Crippen LogP contribution in [-0.2, 0) is 0 Å². The Bertz CT molecular complexity index is 497. The number of hydrogen-bond donors (Lipinski definition) is 1. The minimum absolute atomic E-state index is 0.882. The maximum absolute atomic E-state index is 4.53. The van der Waals surface area contributed by atoms with Crippen molar-refractivity contribution >= 4 is 48.6 Å². The fraction of sp³-hybridized carbons (Fsp3) is 0.182. The monoisotopic (exact) mass is 328 g/mol. The lowest BCUT2D eigenvalue weighted by Crippen LogP contribution is -1.98. The molecule has 15 heavy (non-hydrogen) atoms. The van der Waals surface area contributed by atoms with Gasteiger partial charge < -0.3 is 5.32 Å². The highest BCUT2D eigenvalue weighted by Gasteiger charge is 2.03. The smallest absolute Gasteiger partial charge is 0.126 e. The number of fused-ring (bicyclic) bond motifs is 1. The second kappa shape index (κ2) is 4.49. The van der Waals surface area contributed by atoms with Crippen molar-refractivity contribution < 1.29 is 0 Å². The number of nitrogens with one attached hydrogen (secondary N) is 1. The molecule has 4 heteroatoms. The molecule has 0 radical (unpaired) electrons. The van der Waals surface area contributed by atoms with Crippen molar-refractivity contribution in [2.45, 2.75) is 6.92 Å². The van der Waals surface area contributed by atoms with E-state index in [1.807, 2.05) is 12.1 Å². The zero-order valence-electron chi connectivity index (χ0n) is 8.22. The Labute approximate surface area is 105 Å². The highest BCUT2D eigenvalue weighted by molar-refractivity contribution is 9.11. The van der Waals surface area contributed by atoms with Gasteiger partial charge in [0.1, 0.15) is 5.82 Å². The average molecular weight is 330 g/mol. The van der Waals surface area contributed by atoms with Gasteiger partial charge in [-0.15, -0.1) is 0 Å². The Hall–Kier alpha value is -0.610. The van der Waals surface area contributed by atoms with Crippen molar-refractivity contribution in [3.05, 3.63) is 33.2 Å². The van der Waals surface area contributed by atoms with E-state index in [4.69, 9.17) is 0 Å². The standard InChI is InChI=1S/C11H10Br2N2/c1-2-14-10-4-3-7-5-8(12)6-9(13)11(7)15-10/h3-6H,2H2,1H3,(H,14,15). The first-order valence-electron chi connectivity index (χ1n) is 4.70. The average Bonchev–Trinajstić information content (AvgIpc) is 2.19. The van der Waals surface area contributed by atoms with Crippen LogP contribution in [0, 0.1) is 0 Å². The van der Waals surface area contributed by atoms with Crippen LogP contribution in [0.5, 0.6) is 0 Å². The van der Waals surface area contributed by atoms with E-state index < -0.39 is 0 Å². The molecule has 1 N–H and O–H groups in total. The summed E-state index contributed by atoms with van der Waals surface area (Å²) in [6, 6.07) is 8.12. The van der Waals surface area contributed by atoms with Crippen molar-refractivity contribution in [1.82, 2.24) is 4.98 Å². The number of pyridine rings is 1. The summed E-state index contributed by atoms with van der Waals surface area (Å²) in [5, 5.41) is 4.32. The molecule has 0 fully saturated rings. The topological polar surface area (TPSA) is 24.9 Å². The van der Waals surface area contributed by atoms with Crippen LogP contribution < -0.4 is 5.32 Å². The predicted molar refractivity (Wildman–Crippen MR) is 71.3 cm³/mol. The number of nitrogens with zero attached hydrogens (tertiary/aromatic N) is 1. The maximum atomic E-state index is 4.53. The zero-order valence-corrected chi connectivity index (χ0v) is 11.4. The minimum Gasteiger partial charge on any atom is -0.370 e. The van der Waals surface area contributed by atoms with Crippen molar-refractivity contribution in [3.63, 3.8) is 0 Å². The number of anilines is 1. The first-order chi connectivity index (χ1) is 7.20. The molecule has 1 heterocycles. The summed E-state index contributed by atoms with van der Waals surface area (Å²) in [7, 11) is 0. The van der Waals surface area contributed by atoms with Gasteiger partial charge in [0.25, 0.3) is 0 Å². The maximum Gasteiger partial charge on any atom is 0.126 e. The minimum atomic E-state index is 0.882. The summed E-state index contributed by atoms with van der Waals surface area (Å²) in [6.07, 6.45) is 0. The third-order valence-electron chi connectivity index (χ3n) is 2.07. The molecular weight excluding hydrogens is 320 g/mol. The van der Waals surface area contributed by atoms with Gasteiger partial charge in [-0.25, -0.2) is 4.98 Å². The molecule has 0 aliphatic carbocycles. The quantitative estimate of drug-likeness (QED) is 0.893. The van der Waals surface area contributed by atoms with Gasteiger partial charge in [0, 0.05) is 20.9 Å². The molecule has 2 rings (SSSR count). The number of hydrogen-bond acceptors (Lipinski definition) is 2. The second-order valence-electron chi connectivity index (χ2n) is 3.19. The summed E-state index contributed by atoms with van der Waals surface area (Å²) in [5.41, 5.74) is 0.983. The predicted octanol–water partition coefficient (Wildman–Crippen LogP) is 4.19. The Morgan fingerprint density at radius 2 is 2.07 bits per heavy atom. The summed E-state index contributed by atoms with van der Waals surface area (Å²) in [5.74, 6) is 0.910. The van der Waals surface area contributed by atoms with E-state index in [1.54, 1.807) is 0 Å². The lowest BCUT2D eigenvalue weighted by atomic mass is 10.2. The van der Waals surface area contributed by atoms with Gasteiger partial charge in [-0.1, -0.05) is 15.9 Å². The van der Waals surface area contributed by atoms with Gasteiger partial charge >= 0.3 is 0 Å². The van der Waals surface area contributed by atoms with Crippen LogP contribution in [0.3, 0.4) is 0 Å². The molecule has 0 spiro atoms. The molecule has 2 nitrogen and oxygen atoms in total. The third-order valence-corrected chi connectivity index (χ3v) is 3.13. The molecule has 0 saturated carbocycles. The van der Waals surface area contributed by atoms with Crippen LogP contribution in [0.15, 0.2) is 33.2 Å². The first-order valence-corrected chi connectivity index (χ1v) is 6.29. The summed E-state index contributed by atoms with van der Waals surface area (Å²) in [4.78, 5) is 4.53. The lowest BCUT2D eigenvalue weighted by molar-refractivity contribution is 1.17. The molecule has 78 valence electrons. The van der Waals surface area contributed by atoms with Crippen LogP contribution >= 0.6 is 31.9 Å². The zero-order chi connectivity index (χ0) is 10.8. The van der Waals surface area contributed by atoms with E-state index in [0.29, 0.717) is 0 Å². The van der Waals surface area contributed by atoms with E-state index in [-0.39, 0.29) is 0 Å². The van der Waals surface area contributed by atoms with E-state index in [0.717, 1.165) is 32.2 Å². The van der Waals surface area contributed by atoms with Crippen molar-refractivity contribution in [2.24, 2.45) is 0 Å². The van der Waals surface area contributed by atoms with Crippen molar-refractivity contribution in [2.75, 3.05) is 11.9 Å². The molecule has 0 saturated heterocycles. The van der Waals surface area contributed by atoms with Crippen LogP contribution in [-0.4, -0.2) is 11.5 Å². The first kappa shape index (κ1) is 10.9. The van der Waals surface area contributed by atoms with E-state index >= 15 is 0 Å². The van der Waals surface area contributed by atoms with Crippen LogP contribution in [0.25, 0.3) is 10.9 Å². The van der Waals surface area contributed by atoms with Crippen LogP contribution in [0.1, 0.15) is 6.92 Å². The lowest BCUT2D eigenvalue weighted by Gasteiger charge is -2.05. The molecule has 0 aliphatic rings. The van der Waals surface area contributed by atoms with Gasteiger partial charge in [0.15, 0.2) is 0 Å². The molecule has 2 aromatic rings. The van der Waals surface area contributed by atoms with Gasteiger partial charge in [-0.3, -0.25) is 0 Å². The van der Waals surface area contributed by atoms with Gasteiger partial charge in [-0.2, -0.15) is 0 Å². The van der Waals surface area contributed by atoms with Crippen molar-refractivity contribution in [3.8, 4) is 0 Å². The van der Waals surface area contributed by atoms with E-state index in [1.165, 1.54) is 0 Å². The van der Waals surface area contributed by atoms with E-state index in [2.05, 4.69) is 61.2 Å². The molecule has 1 aromatic carbocycles. The molecule has 0 aliphatic heterocycles. The number of rotatable bonds is 2. The highest BCUT2D eigenvalue weighted by Crippen LogP contribution is 2.27. The number of aromatic nitrogens is 1. The van der Waals surface area contributed by atoms with Gasteiger partial charge in [0.05, 0.1) is 5.52 Å². The Balaban J connectivity index is 2.60. The van der Waals surface area contributed by atoms with Gasteiger partial charge in [0.2, 0.25) is 0 Å². The van der Waals surface area contributed by atoms with Crippen LogP contribution in [0.2, 0.25) is 0 Å². The molecule has 0 amide bonds. The molecular formula is C11H10Br2N2. The fourth-order valence-corrected chi connectivity index (χ4v) is 2.78. The Kier molecular flexibility index (Phi) is 3.26. The molecule has 1 aromatic heterocycles. The summed E-state index contributed by atoms with van der Waals surface area (Å²) in [6.45, 7) is 2.94. The van der Waals surface area contributed by atoms with Gasteiger partial charge in [-0.05, 0) is 47.1 Å². The summed E-state index contributed by atoms with van der Waals surface area (Å²) < 4.78 is 2.06. The molecule has 0 bridgehead atoms. The van der Waals surface area contributed by atoms with Crippen molar-refractivity contribution in [1.29, 1.82) is 0 Å².